The Hall–Kier alpha value is -1.89. The second-order valence-corrected chi connectivity index (χ2v) is 4.26. The highest BCUT2D eigenvalue weighted by atomic mass is 79.9. The third-order valence-corrected chi connectivity index (χ3v) is 2.51. The maximum Gasteiger partial charge on any atom is 0.293 e. The van der Waals surface area contributed by atoms with Crippen LogP contribution in [-0.2, 0) is 6.54 Å². The van der Waals surface area contributed by atoms with E-state index in [0.29, 0.717) is 24.0 Å². The van der Waals surface area contributed by atoms with Crippen molar-refractivity contribution in [3.63, 3.8) is 0 Å². The Labute approximate surface area is 104 Å². The standard InChI is InChI=1S/C10H7BrN4O2/c11-7-4-12-15(5-7)6-9-13-10(17-14-9)8-2-1-3-16-8/h1-5H,6H2. The lowest BCUT2D eigenvalue weighted by molar-refractivity contribution is 0.406. The van der Waals surface area contributed by atoms with E-state index >= 15 is 0 Å². The number of rotatable bonds is 3. The van der Waals surface area contributed by atoms with Crippen LogP contribution in [0.25, 0.3) is 11.7 Å². The van der Waals surface area contributed by atoms with Crippen LogP contribution in [0.15, 0.2) is 44.2 Å². The predicted molar refractivity (Wildman–Crippen MR) is 61.0 cm³/mol. The van der Waals surface area contributed by atoms with Crippen LogP contribution >= 0.6 is 15.9 Å². The largest absolute Gasteiger partial charge is 0.459 e. The molecular weight excluding hydrogens is 288 g/mol. The minimum atomic E-state index is 0.372. The van der Waals surface area contributed by atoms with Crippen molar-refractivity contribution in [1.82, 2.24) is 19.9 Å². The quantitative estimate of drug-likeness (QED) is 0.741. The molecule has 0 saturated heterocycles. The van der Waals surface area contributed by atoms with Crippen molar-refractivity contribution in [3.05, 3.63) is 41.1 Å². The molecule has 7 heteroatoms. The summed E-state index contributed by atoms with van der Waals surface area (Å²) in [4.78, 5) is 4.21. The Morgan fingerprint density at radius 1 is 1.41 bits per heavy atom. The predicted octanol–water partition coefficient (Wildman–Crippen LogP) is 2.34. The van der Waals surface area contributed by atoms with Crippen LogP contribution in [0.1, 0.15) is 5.82 Å². The summed E-state index contributed by atoms with van der Waals surface area (Å²) in [6.45, 7) is 0.454. The maximum absolute atomic E-state index is 5.16. The third-order valence-electron chi connectivity index (χ3n) is 2.11. The van der Waals surface area contributed by atoms with E-state index in [1.807, 2.05) is 6.20 Å². The summed E-state index contributed by atoms with van der Waals surface area (Å²) >= 11 is 3.32. The van der Waals surface area contributed by atoms with Crippen molar-refractivity contribution < 1.29 is 8.94 Å². The summed E-state index contributed by atoms with van der Waals surface area (Å²) in [5.41, 5.74) is 0. The van der Waals surface area contributed by atoms with Gasteiger partial charge in [0.1, 0.15) is 6.54 Å². The van der Waals surface area contributed by atoms with Crippen LogP contribution in [0.4, 0.5) is 0 Å². The summed E-state index contributed by atoms with van der Waals surface area (Å²) in [5, 5.41) is 7.96. The molecule has 0 atom stereocenters. The minimum Gasteiger partial charge on any atom is -0.459 e. The number of aromatic nitrogens is 4. The van der Waals surface area contributed by atoms with E-state index in [1.54, 1.807) is 29.3 Å². The molecule has 0 N–H and O–H groups in total. The fourth-order valence-electron chi connectivity index (χ4n) is 1.39. The highest BCUT2D eigenvalue weighted by Gasteiger charge is 2.11. The van der Waals surface area contributed by atoms with Crippen molar-refractivity contribution >= 4 is 15.9 Å². The Bertz CT molecular complexity index is 614. The first kappa shape index (κ1) is 10.3. The van der Waals surface area contributed by atoms with Gasteiger partial charge in [0, 0.05) is 6.20 Å². The minimum absolute atomic E-state index is 0.372. The molecule has 0 aliphatic heterocycles. The van der Waals surface area contributed by atoms with Gasteiger partial charge in [0.15, 0.2) is 11.6 Å². The fraction of sp³-hybridized carbons (Fsp3) is 0.100. The topological polar surface area (TPSA) is 69.9 Å². The van der Waals surface area contributed by atoms with Crippen LogP contribution in [0.2, 0.25) is 0 Å². The SMILES string of the molecule is Brc1cnn(Cc2noc(-c3ccco3)n2)c1. The molecule has 3 heterocycles. The number of hydrogen-bond acceptors (Lipinski definition) is 5. The first-order chi connectivity index (χ1) is 8.31. The Kier molecular flexibility index (Phi) is 2.52. The smallest absolute Gasteiger partial charge is 0.293 e. The lowest BCUT2D eigenvalue weighted by atomic mass is 10.4. The summed E-state index contributed by atoms with van der Waals surface area (Å²) in [7, 11) is 0. The zero-order valence-corrected chi connectivity index (χ0v) is 10.2. The molecule has 0 aliphatic rings. The highest BCUT2D eigenvalue weighted by molar-refractivity contribution is 9.10. The van der Waals surface area contributed by atoms with Gasteiger partial charge < -0.3 is 8.94 Å². The Balaban J connectivity index is 1.81. The molecule has 0 unspecified atom stereocenters. The van der Waals surface area contributed by atoms with Crippen LogP contribution in [0.5, 0.6) is 0 Å². The van der Waals surface area contributed by atoms with Gasteiger partial charge in [-0.15, -0.1) is 0 Å². The van der Waals surface area contributed by atoms with Crippen LogP contribution < -0.4 is 0 Å². The van der Waals surface area contributed by atoms with Gasteiger partial charge in [0.2, 0.25) is 0 Å². The fourth-order valence-corrected chi connectivity index (χ4v) is 1.72. The van der Waals surface area contributed by atoms with E-state index in [2.05, 4.69) is 31.2 Å². The van der Waals surface area contributed by atoms with Crippen molar-refractivity contribution in [3.8, 4) is 11.7 Å². The van der Waals surface area contributed by atoms with E-state index in [1.165, 1.54) is 0 Å². The van der Waals surface area contributed by atoms with Crippen LogP contribution in [0, 0.1) is 0 Å². The number of hydrogen-bond donors (Lipinski definition) is 0. The van der Waals surface area contributed by atoms with E-state index in [4.69, 9.17) is 8.94 Å². The van der Waals surface area contributed by atoms with Gasteiger partial charge in [-0.2, -0.15) is 10.1 Å². The summed E-state index contributed by atoms with van der Waals surface area (Å²) < 4.78 is 12.9. The van der Waals surface area contributed by atoms with Gasteiger partial charge in [-0.25, -0.2) is 0 Å². The van der Waals surface area contributed by atoms with Crippen LogP contribution in [0.3, 0.4) is 0 Å². The molecule has 0 amide bonds. The van der Waals surface area contributed by atoms with Gasteiger partial charge in [-0.3, -0.25) is 4.68 Å². The van der Waals surface area contributed by atoms with E-state index in [9.17, 15) is 0 Å². The van der Waals surface area contributed by atoms with Gasteiger partial charge >= 0.3 is 0 Å². The lowest BCUT2D eigenvalue weighted by Gasteiger charge is -1.93. The maximum atomic E-state index is 5.16. The van der Waals surface area contributed by atoms with Crippen LogP contribution in [-0.4, -0.2) is 19.9 Å². The summed E-state index contributed by atoms with van der Waals surface area (Å²) in [6, 6.07) is 3.53. The van der Waals surface area contributed by atoms with Crippen molar-refractivity contribution in [2.24, 2.45) is 0 Å². The molecule has 86 valence electrons. The number of halogens is 1. The molecule has 6 nitrogen and oxygen atoms in total. The van der Waals surface area contributed by atoms with Gasteiger partial charge in [0.05, 0.1) is 16.9 Å². The summed E-state index contributed by atoms with van der Waals surface area (Å²) in [6.07, 6.45) is 5.10. The molecule has 0 bridgehead atoms. The van der Waals surface area contributed by atoms with Gasteiger partial charge in [0.25, 0.3) is 5.89 Å². The second kappa shape index (κ2) is 4.17. The second-order valence-electron chi connectivity index (χ2n) is 3.35. The zero-order chi connectivity index (χ0) is 11.7. The normalized spacial score (nSPS) is 10.9. The Morgan fingerprint density at radius 3 is 3.06 bits per heavy atom. The molecule has 0 radical (unpaired) electrons. The molecule has 0 spiro atoms. The summed E-state index contributed by atoms with van der Waals surface area (Å²) in [5.74, 6) is 1.48. The van der Waals surface area contributed by atoms with Crippen molar-refractivity contribution in [1.29, 1.82) is 0 Å². The van der Waals surface area contributed by atoms with E-state index < -0.39 is 0 Å². The first-order valence-corrected chi connectivity index (χ1v) is 5.65. The third kappa shape index (κ3) is 2.14. The monoisotopic (exact) mass is 294 g/mol. The number of nitrogens with zero attached hydrogens (tertiary/aromatic N) is 4. The average Bonchev–Trinajstić information content (AvgIpc) is 3.00. The molecular formula is C10H7BrN4O2. The van der Waals surface area contributed by atoms with Gasteiger partial charge in [-0.1, -0.05) is 5.16 Å². The molecule has 17 heavy (non-hydrogen) atoms. The molecule has 0 fully saturated rings. The zero-order valence-electron chi connectivity index (χ0n) is 8.58. The molecule has 0 aromatic carbocycles. The lowest BCUT2D eigenvalue weighted by Crippen LogP contribution is -2.01. The van der Waals surface area contributed by atoms with E-state index in [0.717, 1.165) is 4.47 Å². The highest BCUT2D eigenvalue weighted by Crippen LogP contribution is 2.17. The number of furan rings is 1. The van der Waals surface area contributed by atoms with Gasteiger partial charge in [-0.05, 0) is 28.1 Å². The molecule has 3 aromatic rings. The average molecular weight is 295 g/mol. The molecule has 3 rings (SSSR count). The molecule has 3 aromatic heterocycles. The first-order valence-electron chi connectivity index (χ1n) is 4.86. The molecule has 0 saturated carbocycles. The van der Waals surface area contributed by atoms with Crippen molar-refractivity contribution in [2.45, 2.75) is 6.54 Å². The Morgan fingerprint density at radius 2 is 2.35 bits per heavy atom. The van der Waals surface area contributed by atoms with E-state index in [-0.39, 0.29) is 0 Å². The molecule has 0 aliphatic carbocycles. The van der Waals surface area contributed by atoms with Crippen molar-refractivity contribution in [2.75, 3.05) is 0 Å².